The number of rotatable bonds is 0. The topological polar surface area (TPSA) is 55.6 Å². The van der Waals surface area contributed by atoms with Crippen molar-refractivity contribution >= 4 is 6.03 Å². The van der Waals surface area contributed by atoms with E-state index in [4.69, 9.17) is 10.5 Å². The number of hydrogen-bond acceptors (Lipinski definition) is 2. The second-order valence-corrected chi connectivity index (χ2v) is 4.81. The van der Waals surface area contributed by atoms with E-state index < -0.39 is 0 Å². The molecule has 2 heterocycles. The molecule has 0 spiro atoms. The summed E-state index contributed by atoms with van der Waals surface area (Å²) in [7, 11) is 0. The van der Waals surface area contributed by atoms with Crippen LogP contribution in [0.1, 0.15) is 13.8 Å². The van der Waals surface area contributed by atoms with Gasteiger partial charge in [0, 0.05) is 23.9 Å². The molecule has 74 valence electrons. The molecular formula is C9H16N2O2. The first-order valence-corrected chi connectivity index (χ1v) is 4.59. The number of urea groups is 1. The fourth-order valence-electron chi connectivity index (χ4n) is 2.38. The Hall–Kier alpha value is -0.770. The van der Waals surface area contributed by atoms with Crippen molar-refractivity contribution in [2.75, 3.05) is 26.3 Å². The monoisotopic (exact) mass is 184 g/mol. The van der Waals surface area contributed by atoms with Gasteiger partial charge in [0.25, 0.3) is 0 Å². The van der Waals surface area contributed by atoms with Crippen LogP contribution in [0.15, 0.2) is 0 Å². The van der Waals surface area contributed by atoms with E-state index in [2.05, 4.69) is 13.8 Å². The second kappa shape index (κ2) is 2.38. The zero-order chi connectivity index (χ0) is 9.69. The van der Waals surface area contributed by atoms with E-state index in [1.165, 1.54) is 0 Å². The number of primary amides is 1. The van der Waals surface area contributed by atoms with Crippen LogP contribution in [0.25, 0.3) is 0 Å². The molecule has 0 unspecified atom stereocenters. The first-order chi connectivity index (χ1) is 5.97. The van der Waals surface area contributed by atoms with Gasteiger partial charge >= 0.3 is 6.03 Å². The van der Waals surface area contributed by atoms with E-state index in [9.17, 15) is 4.79 Å². The van der Waals surface area contributed by atoms with Crippen molar-refractivity contribution in [2.45, 2.75) is 13.8 Å². The summed E-state index contributed by atoms with van der Waals surface area (Å²) < 4.78 is 5.47. The van der Waals surface area contributed by atoms with Gasteiger partial charge in [0.15, 0.2) is 0 Å². The summed E-state index contributed by atoms with van der Waals surface area (Å²) in [5.41, 5.74) is 5.46. The predicted octanol–water partition coefficient (Wildman–Crippen LogP) is 0.424. The summed E-state index contributed by atoms with van der Waals surface area (Å²) in [5.74, 6) is 0. The molecule has 0 aromatic heterocycles. The first kappa shape index (κ1) is 8.81. The molecule has 2 aliphatic heterocycles. The van der Waals surface area contributed by atoms with Crippen LogP contribution < -0.4 is 5.73 Å². The summed E-state index contributed by atoms with van der Waals surface area (Å²) in [5, 5.41) is 0. The highest BCUT2D eigenvalue weighted by atomic mass is 16.5. The number of likely N-dealkylation sites (tertiary alicyclic amines) is 1. The lowest BCUT2D eigenvalue weighted by atomic mass is 9.71. The number of hydrogen-bond donors (Lipinski definition) is 1. The van der Waals surface area contributed by atoms with Crippen molar-refractivity contribution in [3.8, 4) is 0 Å². The number of amides is 2. The minimum atomic E-state index is -0.308. The molecule has 2 aliphatic rings. The number of nitrogens with zero attached hydrogens (tertiary/aromatic N) is 1. The largest absolute Gasteiger partial charge is 0.380 e. The maximum absolute atomic E-state index is 11.0. The molecule has 4 nitrogen and oxygen atoms in total. The lowest BCUT2D eigenvalue weighted by Gasteiger charge is -2.29. The molecule has 2 amide bonds. The molecule has 0 radical (unpaired) electrons. The third-order valence-electron chi connectivity index (χ3n) is 3.69. The highest BCUT2D eigenvalue weighted by molar-refractivity contribution is 5.72. The van der Waals surface area contributed by atoms with Gasteiger partial charge in [-0.25, -0.2) is 4.79 Å². The minimum absolute atomic E-state index is 0.0992. The number of carbonyl (C=O) groups is 1. The molecule has 2 rings (SSSR count). The van der Waals surface area contributed by atoms with E-state index in [0.717, 1.165) is 26.3 Å². The van der Waals surface area contributed by atoms with E-state index in [1.807, 2.05) is 0 Å². The normalized spacial score (nSPS) is 43.7. The number of ether oxygens (including phenoxy) is 1. The summed E-state index contributed by atoms with van der Waals surface area (Å²) in [6, 6.07) is -0.308. The van der Waals surface area contributed by atoms with Crippen LogP contribution in [0.5, 0.6) is 0 Å². The van der Waals surface area contributed by atoms with E-state index in [0.29, 0.717) is 0 Å². The van der Waals surface area contributed by atoms with Crippen molar-refractivity contribution in [2.24, 2.45) is 16.6 Å². The molecule has 2 fully saturated rings. The smallest absolute Gasteiger partial charge is 0.314 e. The highest BCUT2D eigenvalue weighted by Crippen LogP contribution is 2.50. The molecule has 2 atom stereocenters. The van der Waals surface area contributed by atoms with Gasteiger partial charge in [-0.3, -0.25) is 0 Å². The van der Waals surface area contributed by atoms with Crippen LogP contribution in [0.4, 0.5) is 4.79 Å². The van der Waals surface area contributed by atoms with Crippen molar-refractivity contribution in [1.29, 1.82) is 0 Å². The number of nitrogens with two attached hydrogens (primary N) is 1. The molecular weight excluding hydrogens is 168 g/mol. The third-order valence-corrected chi connectivity index (χ3v) is 3.69. The average molecular weight is 184 g/mol. The maximum Gasteiger partial charge on any atom is 0.314 e. The minimum Gasteiger partial charge on any atom is -0.380 e. The first-order valence-electron chi connectivity index (χ1n) is 4.59. The van der Waals surface area contributed by atoms with Gasteiger partial charge in [-0.2, -0.15) is 0 Å². The standard InChI is InChI=1S/C9H16N2O2/c1-8-3-11(7(10)12)4-9(8,2)6-13-5-8/h3-6H2,1-2H3,(H2,10,12)/t8-,9+. The summed E-state index contributed by atoms with van der Waals surface area (Å²) in [4.78, 5) is 12.7. The van der Waals surface area contributed by atoms with Crippen LogP contribution in [0, 0.1) is 10.8 Å². The van der Waals surface area contributed by atoms with Crippen LogP contribution in [-0.2, 0) is 4.74 Å². The van der Waals surface area contributed by atoms with Crippen molar-refractivity contribution in [3.63, 3.8) is 0 Å². The number of carbonyl (C=O) groups excluding carboxylic acids is 1. The number of fused-ring (bicyclic) bond motifs is 1. The zero-order valence-electron chi connectivity index (χ0n) is 8.17. The summed E-state index contributed by atoms with van der Waals surface area (Å²) in [6.45, 7) is 7.30. The van der Waals surface area contributed by atoms with Crippen LogP contribution in [0.2, 0.25) is 0 Å². The Kier molecular flexibility index (Phi) is 1.61. The lowest BCUT2D eigenvalue weighted by molar-refractivity contribution is 0.135. The Morgan fingerprint density at radius 2 is 1.77 bits per heavy atom. The predicted molar refractivity (Wildman–Crippen MR) is 48.2 cm³/mol. The summed E-state index contributed by atoms with van der Waals surface area (Å²) in [6.07, 6.45) is 0. The van der Waals surface area contributed by atoms with Gasteiger partial charge in [0.1, 0.15) is 0 Å². The van der Waals surface area contributed by atoms with Crippen LogP contribution in [-0.4, -0.2) is 37.2 Å². The Labute approximate surface area is 78.0 Å². The van der Waals surface area contributed by atoms with Crippen LogP contribution >= 0.6 is 0 Å². The molecule has 0 saturated carbocycles. The Morgan fingerprint density at radius 3 is 2.15 bits per heavy atom. The van der Waals surface area contributed by atoms with Crippen molar-refractivity contribution in [1.82, 2.24) is 4.90 Å². The Morgan fingerprint density at radius 1 is 1.31 bits per heavy atom. The molecule has 2 N–H and O–H groups in total. The highest BCUT2D eigenvalue weighted by Gasteiger charge is 2.56. The fourth-order valence-corrected chi connectivity index (χ4v) is 2.38. The summed E-state index contributed by atoms with van der Waals surface area (Å²) >= 11 is 0. The Bertz CT molecular complexity index is 238. The van der Waals surface area contributed by atoms with Gasteiger partial charge in [0.2, 0.25) is 0 Å². The van der Waals surface area contributed by atoms with Gasteiger partial charge in [-0.05, 0) is 0 Å². The third kappa shape index (κ3) is 1.05. The molecule has 0 aromatic rings. The molecule has 13 heavy (non-hydrogen) atoms. The van der Waals surface area contributed by atoms with Crippen molar-refractivity contribution in [3.05, 3.63) is 0 Å². The second-order valence-electron chi connectivity index (χ2n) is 4.81. The maximum atomic E-state index is 11.0. The fraction of sp³-hybridized carbons (Fsp3) is 0.889. The molecule has 4 heteroatoms. The van der Waals surface area contributed by atoms with Gasteiger partial charge < -0.3 is 15.4 Å². The SMILES string of the molecule is C[C@@]12COC[C@]1(C)CN(C(N)=O)C2. The van der Waals surface area contributed by atoms with E-state index in [1.54, 1.807) is 4.90 Å². The van der Waals surface area contributed by atoms with Crippen LogP contribution in [0.3, 0.4) is 0 Å². The van der Waals surface area contributed by atoms with Gasteiger partial charge in [-0.15, -0.1) is 0 Å². The molecule has 0 aliphatic carbocycles. The molecule has 0 aromatic carbocycles. The molecule has 0 bridgehead atoms. The zero-order valence-corrected chi connectivity index (χ0v) is 8.17. The van der Waals surface area contributed by atoms with Gasteiger partial charge in [0.05, 0.1) is 13.2 Å². The Balaban J connectivity index is 2.23. The average Bonchev–Trinajstić information content (AvgIpc) is 2.38. The van der Waals surface area contributed by atoms with E-state index >= 15 is 0 Å². The van der Waals surface area contributed by atoms with E-state index in [-0.39, 0.29) is 16.9 Å². The quantitative estimate of drug-likeness (QED) is 0.593. The lowest BCUT2D eigenvalue weighted by Crippen LogP contribution is -2.36. The molecule has 2 saturated heterocycles. The van der Waals surface area contributed by atoms with Crippen molar-refractivity contribution < 1.29 is 9.53 Å². The van der Waals surface area contributed by atoms with Gasteiger partial charge in [-0.1, -0.05) is 13.8 Å².